The Bertz CT molecular complexity index is 1300. The molecule has 0 bridgehead atoms. The summed E-state index contributed by atoms with van der Waals surface area (Å²) in [7, 11) is 3.75. The van der Waals surface area contributed by atoms with Crippen LogP contribution in [-0.2, 0) is 0 Å². The van der Waals surface area contributed by atoms with E-state index in [4.69, 9.17) is 14.7 Å². The molecule has 1 atom stereocenters. The van der Waals surface area contributed by atoms with Gasteiger partial charge in [0.05, 0.1) is 18.9 Å². The first kappa shape index (κ1) is 28.1. The smallest absolute Gasteiger partial charge is 0.319 e. The summed E-state index contributed by atoms with van der Waals surface area (Å²) in [5, 5.41) is 15.6. The Morgan fingerprint density at radius 2 is 1.92 bits per heavy atom. The molecule has 1 unspecified atom stereocenters. The van der Waals surface area contributed by atoms with Gasteiger partial charge < -0.3 is 29.9 Å². The number of anilines is 2. The van der Waals surface area contributed by atoms with Gasteiger partial charge in [0.1, 0.15) is 23.9 Å². The van der Waals surface area contributed by atoms with Crippen LogP contribution >= 0.6 is 0 Å². The van der Waals surface area contributed by atoms with Gasteiger partial charge in [0.2, 0.25) is 0 Å². The summed E-state index contributed by atoms with van der Waals surface area (Å²) in [6.45, 7) is 6.35. The molecule has 0 aliphatic carbocycles. The van der Waals surface area contributed by atoms with Crippen LogP contribution in [0, 0.1) is 11.3 Å². The van der Waals surface area contributed by atoms with Gasteiger partial charge in [-0.2, -0.15) is 15.2 Å². The third kappa shape index (κ3) is 7.34. The molecule has 1 aromatic heterocycles. The number of nitrogens with zero attached hydrogens (tertiary/aromatic N) is 5. The Labute approximate surface area is 229 Å². The summed E-state index contributed by atoms with van der Waals surface area (Å²) in [5.74, 6) is 1.07. The topological polar surface area (TPSA) is 116 Å². The van der Waals surface area contributed by atoms with Crippen molar-refractivity contribution in [2.45, 2.75) is 32.2 Å². The van der Waals surface area contributed by atoms with Crippen LogP contribution in [0.3, 0.4) is 0 Å². The van der Waals surface area contributed by atoms with Crippen molar-refractivity contribution in [3.8, 4) is 17.8 Å². The molecule has 1 amide bonds. The van der Waals surface area contributed by atoms with Crippen LogP contribution in [0.25, 0.3) is 10.8 Å². The minimum atomic E-state index is -0.313. The Balaban J connectivity index is 0.00000112. The van der Waals surface area contributed by atoms with Gasteiger partial charge >= 0.3 is 6.01 Å². The van der Waals surface area contributed by atoms with E-state index >= 15 is 0 Å². The lowest BCUT2D eigenvalue weighted by Gasteiger charge is -2.32. The van der Waals surface area contributed by atoms with Crippen molar-refractivity contribution in [2.24, 2.45) is 0 Å². The third-order valence-electron chi connectivity index (χ3n) is 7.01. The highest BCUT2D eigenvalue weighted by atomic mass is 16.5. The molecule has 2 aromatic carbocycles. The highest BCUT2D eigenvalue weighted by Crippen LogP contribution is 2.30. The van der Waals surface area contributed by atoms with E-state index in [-0.39, 0.29) is 17.6 Å². The number of carbonyl (C=O) groups is 1. The third-order valence-corrected chi connectivity index (χ3v) is 7.01. The zero-order valence-corrected chi connectivity index (χ0v) is 22.9. The molecule has 10 heteroatoms. The van der Waals surface area contributed by atoms with Crippen LogP contribution in [0.2, 0.25) is 0 Å². The average Bonchev–Trinajstić information content (AvgIpc) is 2.97. The van der Waals surface area contributed by atoms with Crippen molar-refractivity contribution in [2.75, 3.05) is 63.7 Å². The summed E-state index contributed by atoms with van der Waals surface area (Å²) in [6, 6.07) is 15.7. The molecule has 2 aliphatic heterocycles. The Morgan fingerprint density at radius 1 is 1.15 bits per heavy atom. The van der Waals surface area contributed by atoms with Gasteiger partial charge in [-0.25, -0.2) is 0 Å². The second kappa shape index (κ2) is 13.7. The van der Waals surface area contributed by atoms with Crippen molar-refractivity contribution in [1.82, 2.24) is 20.2 Å². The number of hydrogen-bond acceptors (Lipinski definition) is 9. The van der Waals surface area contributed by atoms with Crippen LogP contribution in [0.15, 0.2) is 42.5 Å². The minimum absolute atomic E-state index is 0.241. The molecule has 0 spiro atoms. The van der Waals surface area contributed by atoms with E-state index in [1.807, 2.05) is 36.4 Å². The van der Waals surface area contributed by atoms with E-state index in [1.54, 1.807) is 19.2 Å². The van der Waals surface area contributed by atoms with Crippen LogP contribution in [0.4, 0.5) is 11.5 Å². The number of likely N-dealkylation sites (N-methyl/N-ethyl adjacent to an activating group) is 1. The molecule has 39 heavy (non-hydrogen) atoms. The normalized spacial score (nSPS) is 17.5. The number of piperazine rings is 1. The second-order valence-electron chi connectivity index (χ2n) is 9.65. The molecular formula is C29H37N7O3. The molecule has 2 saturated heterocycles. The van der Waals surface area contributed by atoms with E-state index in [0.717, 1.165) is 49.9 Å². The number of benzene rings is 2. The maximum atomic E-state index is 13.5. The fourth-order valence-corrected chi connectivity index (χ4v) is 4.87. The van der Waals surface area contributed by atoms with Crippen LogP contribution in [0.1, 0.15) is 36.7 Å². The van der Waals surface area contributed by atoms with E-state index in [2.05, 4.69) is 37.4 Å². The molecule has 3 aromatic rings. The molecular weight excluding hydrogens is 494 g/mol. The first-order valence-corrected chi connectivity index (χ1v) is 13.4. The largest absolute Gasteiger partial charge is 0.497 e. The van der Waals surface area contributed by atoms with Crippen LogP contribution in [-0.4, -0.2) is 80.3 Å². The highest BCUT2D eigenvalue weighted by Gasteiger charge is 2.22. The summed E-state index contributed by atoms with van der Waals surface area (Å²) in [6.07, 6.45) is 3.50. The standard InChI is InChI=1S/C27H34N6O3.C2H3N/c1-32-12-6-5-8-20(32)18-36-27-30-24(17-25(31-27)33-13-10-28-11-14-33)26(34)29-23-16-21(35-2)15-19-7-3-4-9-22(19)23;1-2-3/h3-4,7,9,15-17,20,28H,5-6,8,10-14,18H2,1-2H3,(H,29,34);1H3. The molecule has 206 valence electrons. The lowest BCUT2D eigenvalue weighted by molar-refractivity contribution is 0.101. The lowest BCUT2D eigenvalue weighted by Crippen LogP contribution is -2.44. The highest BCUT2D eigenvalue weighted by molar-refractivity contribution is 6.09. The van der Waals surface area contributed by atoms with E-state index in [9.17, 15) is 4.79 Å². The van der Waals surface area contributed by atoms with Gasteiger partial charge in [-0.1, -0.05) is 30.7 Å². The fourth-order valence-electron chi connectivity index (χ4n) is 4.87. The number of hydrogen-bond donors (Lipinski definition) is 2. The van der Waals surface area contributed by atoms with Crippen LogP contribution < -0.4 is 25.0 Å². The second-order valence-corrected chi connectivity index (χ2v) is 9.65. The number of likely N-dealkylation sites (tertiary alicyclic amines) is 1. The molecule has 2 aliphatic rings. The van der Waals surface area contributed by atoms with E-state index < -0.39 is 0 Å². The fraction of sp³-hybridized carbons (Fsp3) is 0.448. The molecule has 10 nitrogen and oxygen atoms in total. The van der Waals surface area contributed by atoms with Gasteiger partial charge in [-0.05, 0) is 37.9 Å². The van der Waals surface area contributed by atoms with E-state index in [0.29, 0.717) is 29.9 Å². The summed E-state index contributed by atoms with van der Waals surface area (Å²) >= 11 is 0. The predicted molar refractivity (Wildman–Crippen MR) is 153 cm³/mol. The molecule has 0 saturated carbocycles. The molecule has 5 rings (SSSR count). The van der Waals surface area contributed by atoms with Crippen molar-refractivity contribution < 1.29 is 14.3 Å². The number of carbonyl (C=O) groups excluding carboxylic acids is 1. The Kier molecular flexibility index (Phi) is 9.89. The van der Waals surface area contributed by atoms with Crippen molar-refractivity contribution in [1.29, 1.82) is 5.26 Å². The van der Waals surface area contributed by atoms with Crippen molar-refractivity contribution in [3.63, 3.8) is 0 Å². The number of rotatable bonds is 7. The number of fused-ring (bicyclic) bond motifs is 1. The van der Waals surface area contributed by atoms with E-state index in [1.165, 1.54) is 19.8 Å². The van der Waals surface area contributed by atoms with Gasteiger partial charge in [0.25, 0.3) is 5.91 Å². The predicted octanol–water partition coefficient (Wildman–Crippen LogP) is 3.69. The molecule has 2 N–H and O–H groups in total. The monoisotopic (exact) mass is 531 g/mol. The maximum absolute atomic E-state index is 13.5. The summed E-state index contributed by atoms with van der Waals surface area (Å²) < 4.78 is 11.5. The van der Waals surface area contributed by atoms with Gasteiger partial charge in [-0.15, -0.1) is 0 Å². The molecule has 0 radical (unpaired) electrons. The average molecular weight is 532 g/mol. The van der Waals surface area contributed by atoms with Gasteiger partial charge in [0, 0.05) is 56.7 Å². The number of nitriles is 1. The first-order chi connectivity index (χ1) is 19.0. The van der Waals surface area contributed by atoms with Crippen molar-refractivity contribution >= 4 is 28.2 Å². The number of aromatic nitrogens is 2. The zero-order valence-electron chi connectivity index (χ0n) is 22.9. The van der Waals surface area contributed by atoms with Crippen molar-refractivity contribution in [3.05, 3.63) is 48.2 Å². The summed E-state index contributed by atoms with van der Waals surface area (Å²) in [4.78, 5) is 27.2. The zero-order chi connectivity index (χ0) is 27.6. The molecule has 3 heterocycles. The maximum Gasteiger partial charge on any atom is 0.319 e. The molecule has 2 fully saturated rings. The number of amides is 1. The minimum Gasteiger partial charge on any atom is -0.497 e. The Hall–Kier alpha value is -3.94. The quantitative estimate of drug-likeness (QED) is 0.471. The van der Waals surface area contributed by atoms with Gasteiger partial charge in [0.15, 0.2) is 0 Å². The number of nitrogens with one attached hydrogen (secondary N) is 2. The van der Waals surface area contributed by atoms with Gasteiger partial charge in [-0.3, -0.25) is 4.79 Å². The number of ether oxygens (including phenoxy) is 2. The van der Waals surface area contributed by atoms with Crippen LogP contribution in [0.5, 0.6) is 11.8 Å². The number of piperidine rings is 1. The number of methoxy groups -OCH3 is 1. The lowest BCUT2D eigenvalue weighted by atomic mass is 10.0. The summed E-state index contributed by atoms with van der Waals surface area (Å²) in [5.41, 5.74) is 0.945. The first-order valence-electron chi connectivity index (χ1n) is 13.4. The Morgan fingerprint density at radius 3 is 2.67 bits per heavy atom. The SMILES string of the molecule is CC#N.COc1cc(NC(=O)c2cc(N3CCNCC3)nc(OCC3CCCCN3C)n2)c2ccccc2c1.